The maximum atomic E-state index is 13.1. The van der Waals surface area contributed by atoms with Crippen LogP contribution < -0.4 is 5.32 Å². The van der Waals surface area contributed by atoms with Crippen molar-refractivity contribution in [1.82, 2.24) is 4.31 Å². The van der Waals surface area contributed by atoms with E-state index in [1.807, 2.05) is 38.1 Å². The number of ether oxygens (including phenoxy) is 1. The number of hydrogen-bond donors (Lipinski definition) is 1. The van der Waals surface area contributed by atoms with Crippen molar-refractivity contribution in [3.8, 4) is 0 Å². The number of sulfonamides is 1. The Kier molecular flexibility index (Phi) is 7.28. The van der Waals surface area contributed by atoms with E-state index in [4.69, 9.17) is 4.74 Å². The molecule has 2 aromatic rings. The van der Waals surface area contributed by atoms with E-state index in [9.17, 15) is 13.2 Å². The summed E-state index contributed by atoms with van der Waals surface area (Å²) in [4.78, 5) is 12.8. The Labute approximate surface area is 179 Å². The van der Waals surface area contributed by atoms with Crippen LogP contribution in [-0.2, 0) is 21.2 Å². The summed E-state index contributed by atoms with van der Waals surface area (Å²) in [6.07, 6.45) is 2.95. The minimum atomic E-state index is -3.70. The lowest BCUT2D eigenvalue weighted by molar-refractivity contribution is -0.0440. The first-order chi connectivity index (χ1) is 14.3. The second kappa shape index (κ2) is 9.73. The summed E-state index contributed by atoms with van der Waals surface area (Å²) in [5, 5.41) is 2.85. The Morgan fingerprint density at radius 2 is 1.77 bits per heavy atom. The van der Waals surface area contributed by atoms with Gasteiger partial charge in [0.05, 0.1) is 17.1 Å². The molecule has 0 aliphatic carbocycles. The number of benzene rings is 2. The Morgan fingerprint density at radius 3 is 2.40 bits per heavy atom. The molecule has 0 spiro atoms. The van der Waals surface area contributed by atoms with E-state index >= 15 is 0 Å². The van der Waals surface area contributed by atoms with Crippen LogP contribution in [0.5, 0.6) is 0 Å². The highest BCUT2D eigenvalue weighted by Crippen LogP contribution is 2.22. The Bertz CT molecular complexity index is 963. The molecule has 162 valence electrons. The van der Waals surface area contributed by atoms with E-state index in [2.05, 4.69) is 12.2 Å². The van der Waals surface area contributed by atoms with Crippen LogP contribution in [0.25, 0.3) is 0 Å². The zero-order valence-electron chi connectivity index (χ0n) is 17.8. The SMILES string of the molecule is CCCCc1ccc(NC(=O)c2cccc(S(=O)(=O)N3C[C@@H](C)O[C@@H](C)C3)c2)cc1. The Hall–Kier alpha value is -2.22. The average Bonchev–Trinajstić information content (AvgIpc) is 2.72. The lowest BCUT2D eigenvalue weighted by Crippen LogP contribution is -2.48. The first kappa shape index (κ1) is 22.5. The summed E-state index contributed by atoms with van der Waals surface area (Å²) >= 11 is 0. The van der Waals surface area contributed by atoms with E-state index in [1.54, 1.807) is 12.1 Å². The number of amides is 1. The molecule has 0 bridgehead atoms. The predicted molar refractivity (Wildman–Crippen MR) is 118 cm³/mol. The fourth-order valence-corrected chi connectivity index (χ4v) is 5.25. The molecule has 1 saturated heterocycles. The van der Waals surface area contributed by atoms with Gasteiger partial charge >= 0.3 is 0 Å². The molecule has 6 nitrogen and oxygen atoms in total. The Balaban J connectivity index is 1.73. The molecule has 1 amide bonds. The van der Waals surface area contributed by atoms with Crippen LogP contribution in [0.4, 0.5) is 5.69 Å². The number of carbonyl (C=O) groups excluding carboxylic acids is 1. The van der Waals surface area contributed by atoms with Gasteiger partial charge < -0.3 is 10.1 Å². The normalized spacial score (nSPS) is 20.1. The molecule has 1 heterocycles. The standard InChI is InChI=1S/C23H30N2O4S/c1-4-5-7-19-10-12-21(13-11-19)24-23(26)20-8-6-9-22(14-20)30(27,28)25-15-17(2)29-18(3)16-25/h6,8-14,17-18H,4-5,7,15-16H2,1-3H3,(H,24,26)/t17-,18+. The molecule has 3 rings (SSSR count). The van der Waals surface area contributed by atoms with E-state index in [-0.39, 0.29) is 23.0 Å². The fraction of sp³-hybridized carbons (Fsp3) is 0.435. The summed E-state index contributed by atoms with van der Waals surface area (Å²) in [6.45, 7) is 6.47. The van der Waals surface area contributed by atoms with Gasteiger partial charge in [-0.15, -0.1) is 0 Å². The molecule has 1 aliphatic heterocycles. The van der Waals surface area contributed by atoms with Gasteiger partial charge in [0.2, 0.25) is 10.0 Å². The Morgan fingerprint density at radius 1 is 1.10 bits per heavy atom. The van der Waals surface area contributed by atoms with E-state index < -0.39 is 10.0 Å². The fourth-order valence-electron chi connectivity index (χ4n) is 3.61. The summed E-state index contributed by atoms with van der Waals surface area (Å²) in [6, 6.07) is 13.9. The van der Waals surface area contributed by atoms with Gasteiger partial charge in [0.1, 0.15) is 0 Å². The van der Waals surface area contributed by atoms with E-state index in [1.165, 1.54) is 22.0 Å². The van der Waals surface area contributed by atoms with Gasteiger partial charge in [-0.05, 0) is 62.6 Å². The highest BCUT2D eigenvalue weighted by Gasteiger charge is 2.32. The number of nitrogens with one attached hydrogen (secondary N) is 1. The number of hydrogen-bond acceptors (Lipinski definition) is 4. The van der Waals surface area contributed by atoms with Crippen LogP contribution in [0.1, 0.15) is 49.5 Å². The summed E-state index contributed by atoms with van der Waals surface area (Å²) in [5.74, 6) is -0.336. The van der Waals surface area contributed by atoms with E-state index in [0.717, 1.165) is 19.3 Å². The molecule has 1 N–H and O–H groups in total. The second-order valence-corrected chi connectivity index (χ2v) is 9.80. The molecular formula is C23H30N2O4S. The number of anilines is 1. The molecular weight excluding hydrogens is 400 g/mol. The molecule has 0 radical (unpaired) electrons. The van der Waals surface area contributed by atoms with Gasteiger partial charge in [-0.3, -0.25) is 4.79 Å². The van der Waals surface area contributed by atoms with Crippen molar-refractivity contribution < 1.29 is 17.9 Å². The quantitative estimate of drug-likeness (QED) is 0.718. The van der Waals surface area contributed by atoms with Crippen molar-refractivity contribution in [3.05, 3.63) is 59.7 Å². The zero-order chi connectivity index (χ0) is 21.7. The number of morpholine rings is 1. The van der Waals surface area contributed by atoms with Gasteiger partial charge in [0, 0.05) is 24.3 Å². The van der Waals surface area contributed by atoms with Gasteiger partial charge in [-0.2, -0.15) is 4.31 Å². The zero-order valence-corrected chi connectivity index (χ0v) is 18.6. The highest BCUT2D eigenvalue weighted by atomic mass is 32.2. The van der Waals surface area contributed by atoms with Gasteiger partial charge in [0.15, 0.2) is 0 Å². The number of rotatable bonds is 7. The molecule has 0 aromatic heterocycles. The van der Waals surface area contributed by atoms with Crippen LogP contribution in [0.2, 0.25) is 0 Å². The van der Waals surface area contributed by atoms with Crippen LogP contribution in [0, 0.1) is 0 Å². The first-order valence-corrected chi connectivity index (χ1v) is 11.9. The average molecular weight is 431 g/mol. The van der Waals surface area contributed by atoms with Crippen LogP contribution in [0.3, 0.4) is 0 Å². The largest absolute Gasteiger partial charge is 0.373 e. The van der Waals surface area contributed by atoms with Gasteiger partial charge in [-0.1, -0.05) is 31.5 Å². The number of nitrogens with zero attached hydrogens (tertiary/aromatic N) is 1. The van der Waals surface area contributed by atoms with Gasteiger partial charge in [-0.25, -0.2) is 8.42 Å². The van der Waals surface area contributed by atoms with Crippen LogP contribution in [-0.4, -0.2) is 43.9 Å². The summed E-state index contributed by atoms with van der Waals surface area (Å²) in [5.41, 5.74) is 2.22. The molecule has 0 saturated carbocycles. The molecule has 30 heavy (non-hydrogen) atoms. The molecule has 7 heteroatoms. The monoisotopic (exact) mass is 430 g/mol. The number of carbonyl (C=O) groups is 1. The minimum Gasteiger partial charge on any atom is -0.373 e. The lowest BCUT2D eigenvalue weighted by atomic mass is 10.1. The predicted octanol–water partition coefficient (Wildman–Crippen LogP) is 4.08. The van der Waals surface area contributed by atoms with E-state index in [0.29, 0.717) is 24.3 Å². The molecule has 0 unspecified atom stereocenters. The minimum absolute atomic E-state index is 0.117. The summed E-state index contributed by atoms with van der Waals surface area (Å²) < 4.78 is 33.2. The maximum absolute atomic E-state index is 13.1. The third-order valence-corrected chi connectivity index (χ3v) is 6.98. The summed E-state index contributed by atoms with van der Waals surface area (Å²) in [7, 11) is -3.70. The third-order valence-electron chi connectivity index (χ3n) is 5.15. The van der Waals surface area contributed by atoms with Crippen molar-refractivity contribution in [2.24, 2.45) is 0 Å². The van der Waals surface area contributed by atoms with Crippen LogP contribution in [0.15, 0.2) is 53.4 Å². The molecule has 2 aromatic carbocycles. The second-order valence-electron chi connectivity index (χ2n) is 7.86. The topological polar surface area (TPSA) is 75.7 Å². The van der Waals surface area contributed by atoms with Gasteiger partial charge in [0.25, 0.3) is 5.91 Å². The van der Waals surface area contributed by atoms with Crippen molar-refractivity contribution in [1.29, 1.82) is 0 Å². The molecule has 1 fully saturated rings. The first-order valence-electron chi connectivity index (χ1n) is 10.5. The number of unbranched alkanes of at least 4 members (excludes halogenated alkanes) is 1. The maximum Gasteiger partial charge on any atom is 0.255 e. The van der Waals surface area contributed by atoms with Crippen molar-refractivity contribution in [3.63, 3.8) is 0 Å². The van der Waals surface area contributed by atoms with Crippen molar-refractivity contribution in [2.75, 3.05) is 18.4 Å². The molecule has 2 atom stereocenters. The highest BCUT2D eigenvalue weighted by molar-refractivity contribution is 7.89. The van der Waals surface area contributed by atoms with Crippen LogP contribution >= 0.6 is 0 Å². The van der Waals surface area contributed by atoms with Crippen molar-refractivity contribution in [2.45, 2.75) is 57.1 Å². The smallest absolute Gasteiger partial charge is 0.255 e. The number of aryl methyl sites for hydroxylation is 1. The lowest BCUT2D eigenvalue weighted by Gasteiger charge is -2.34. The third kappa shape index (κ3) is 5.47. The molecule has 1 aliphatic rings. The van der Waals surface area contributed by atoms with Crippen molar-refractivity contribution >= 4 is 21.6 Å².